The number of aliphatic imine (C=N–C) groups is 1. The number of guanidine groups is 1. The number of nitrogens with two attached hydrogens (primary N) is 1. The van der Waals surface area contributed by atoms with Gasteiger partial charge in [0.1, 0.15) is 6.54 Å². The van der Waals surface area contributed by atoms with Gasteiger partial charge >= 0.3 is 0 Å². The van der Waals surface area contributed by atoms with Crippen LogP contribution in [0.1, 0.15) is 32.6 Å². The zero-order valence-corrected chi connectivity index (χ0v) is 10.7. The van der Waals surface area contributed by atoms with Crippen molar-refractivity contribution in [1.29, 1.82) is 0 Å². The van der Waals surface area contributed by atoms with E-state index in [9.17, 15) is 4.79 Å². The zero-order valence-electron chi connectivity index (χ0n) is 10.7. The lowest BCUT2D eigenvalue weighted by Crippen LogP contribution is -2.34. The van der Waals surface area contributed by atoms with Crippen LogP contribution >= 0.6 is 0 Å². The van der Waals surface area contributed by atoms with Crippen LogP contribution in [0.25, 0.3) is 0 Å². The molecule has 0 radical (unpaired) electrons. The van der Waals surface area contributed by atoms with Crippen LogP contribution in [0, 0.1) is 0 Å². The SMILES string of the molecule is C=CCNC(=O)CN=C(N)NCCCCCC. The number of amides is 1. The molecule has 0 saturated heterocycles. The van der Waals surface area contributed by atoms with Crippen molar-refractivity contribution in [2.45, 2.75) is 32.6 Å². The Balaban J connectivity index is 3.56. The van der Waals surface area contributed by atoms with Crippen molar-refractivity contribution in [1.82, 2.24) is 10.6 Å². The minimum Gasteiger partial charge on any atom is -0.370 e. The largest absolute Gasteiger partial charge is 0.370 e. The Morgan fingerprint density at radius 1 is 1.35 bits per heavy atom. The van der Waals surface area contributed by atoms with Crippen LogP contribution in [-0.2, 0) is 4.79 Å². The van der Waals surface area contributed by atoms with E-state index >= 15 is 0 Å². The Morgan fingerprint density at radius 3 is 2.76 bits per heavy atom. The van der Waals surface area contributed by atoms with E-state index in [4.69, 9.17) is 5.73 Å². The number of carbonyl (C=O) groups excluding carboxylic acids is 1. The average Bonchev–Trinajstić information content (AvgIpc) is 2.33. The summed E-state index contributed by atoms with van der Waals surface area (Å²) in [5.41, 5.74) is 5.60. The Labute approximate surface area is 104 Å². The standard InChI is InChI=1S/C12H24N4O/c1-3-5-6-7-9-15-12(13)16-10-11(17)14-8-4-2/h4H,2-3,5-10H2,1H3,(H,14,17)(H3,13,15,16). The molecule has 0 saturated carbocycles. The molecule has 0 aromatic rings. The van der Waals surface area contributed by atoms with Gasteiger partial charge in [-0.3, -0.25) is 4.79 Å². The van der Waals surface area contributed by atoms with Crippen molar-refractivity contribution in [2.24, 2.45) is 10.7 Å². The molecule has 1 amide bonds. The lowest BCUT2D eigenvalue weighted by molar-refractivity contribution is -0.119. The van der Waals surface area contributed by atoms with Crippen LogP contribution in [0.4, 0.5) is 0 Å². The monoisotopic (exact) mass is 240 g/mol. The molecule has 0 aliphatic heterocycles. The first kappa shape index (κ1) is 15.5. The molecule has 0 fully saturated rings. The molecular weight excluding hydrogens is 216 g/mol. The average molecular weight is 240 g/mol. The second-order valence-corrected chi connectivity index (χ2v) is 3.78. The third kappa shape index (κ3) is 10.8. The third-order valence-corrected chi connectivity index (χ3v) is 2.17. The van der Waals surface area contributed by atoms with E-state index in [0.717, 1.165) is 13.0 Å². The van der Waals surface area contributed by atoms with Gasteiger partial charge in [-0.15, -0.1) is 6.58 Å². The van der Waals surface area contributed by atoms with Crippen LogP contribution in [0.3, 0.4) is 0 Å². The summed E-state index contributed by atoms with van der Waals surface area (Å²) in [4.78, 5) is 15.1. The molecule has 5 nitrogen and oxygen atoms in total. The maximum Gasteiger partial charge on any atom is 0.242 e. The number of carbonyl (C=O) groups is 1. The first-order chi connectivity index (χ1) is 8.20. The highest BCUT2D eigenvalue weighted by molar-refractivity contribution is 5.83. The molecule has 4 N–H and O–H groups in total. The van der Waals surface area contributed by atoms with Gasteiger partial charge in [0, 0.05) is 13.1 Å². The Morgan fingerprint density at radius 2 is 2.12 bits per heavy atom. The Bertz CT molecular complexity index is 251. The van der Waals surface area contributed by atoms with Crippen LogP contribution in [0.5, 0.6) is 0 Å². The molecule has 0 spiro atoms. The lowest BCUT2D eigenvalue weighted by atomic mass is 10.2. The zero-order chi connectivity index (χ0) is 12.9. The molecule has 5 heteroatoms. The van der Waals surface area contributed by atoms with E-state index in [2.05, 4.69) is 29.1 Å². The van der Waals surface area contributed by atoms with Crippen molar-refractivity contribution in [3.63, 3.8) is 0 Å². The molecule has 17 heavy (non-hydrogen) atoms. The summed E-state index contributed by atoms with van der Waals surface area (Å²) in [5, 5.41) is 5.60. The summed E-state index contributed by atoms with van der Waals surface area (Å²) in [5.74, 6) is 0.177. The second kappa shape index (κ2) is 11.0. The van der Waals surface area contributed by atoms with Gasteiger partial charge in [-0.05, 0) is 6.42 Å². The number of hydrogen-bond acceptors (Lipinski definition) is 2. The van der Waals surface area contributed by atoms with Gasteiger partial charge in [-0.2, -0.15) is 0 Å². The Hall–Kier alpha value is -1.52. The van der Waals surface area contributed by atoms with Gasteiger partial charge in [0.25, 0.3) is 0 Å². The van der Waals surface area contributed by atoms with E-state index in [1.807, 2.05) is 0 Å². The molecule has 0 aliphatic rings. The van der Waals surface area contributed by atoms with Crippen molar-refractivity contribution < 1.29 is 4.79 Å². The maximum absolute atomic E-state index is 11.2. The Kier molecular flexibility index (Phi) is 10.00. The molecule has 0 atom stereocenters. The van der Waals surface area contributed by atoms with Crippen molar-refractivity contribution >= 4 is 11.9 Å². The number of nitrogens with zero attached hydrogens (tertiary/aromatic N) is 1. The summed E-state index contributed by atoms with van der Waals surface area (Å²) >= 11 is 0. The highest BCUT2D eigenvalue weighted by Crippen LogP contribution is 1.96. The number of hydrogen-bond donors (Lipinski definition) is 3. The van der Waals surface area contributed by atoms with Gasteiger partial charge in [0.15, 0.2) is 5.96 Å². The minimum absolute atomic E-state index is 0.0572. The van der Waals surface area contributed by atoms with Gasteiger partial charge < -0.3 is 16.4 Å². The topological polar surface area (TPSA) is 79.5 Å². The van der Waals surface area contributed by atoms with Crippen LogP contribution in [-0.4, -0.2) is 31.5 Å². The summed E-state index contributed by atoms with van der Waals surface area (Å²) in [6.45, 7) is 7.00. The van der Waals surface area contributed by atoms with Crippen LogP contribution in [0.15, 0.2) is 17.6 Å². The quantitative estimate of drug-likeness (QED) is 0.241. The van der Waals surface area contributed by atoms with Gasteiger partial charge in [-0.1, -0.05) is 32.3 Å². The summed E-state index contributed by atoms with van der Waals surface area (Å²) in [7, 11) is 0. The molecule has 0 heterocycles. The third-order valence-electron chi connectivity index (χ3n) is 2.17. The van der Waals surface area contributed by atoms with Crippen molar-refractivity contribution in [3.05, 3.63) is 12.7 Å². The fourth-order valence-corrected chi connectivity index (χ4v) is 1.22. The molecular formula is C12H24N4O. The molecule has 0 unspecified atom stereocenters. The summed E-state index contributed by atoms with van der Waals surface area (Å²) in [6, 6.07) is 0. The van der Waals surface area contributed by atoms with Crippen LogP contribution < -0.4 is 16.4 Å². The molecule has 0 bridgehead atoms. The minimum atomic E-state index is -0.152. The summed E-state index contributed by atoms with van der Waals surface area (Å²) in [6.07, 6.45) is 6.34. The van der Waals surface area contributed by atoms with E-state index in [1.165, 1.54) is 19.3 Å². The number of nitrogens with one attached hydrogen (secondary N) is 2. The van der Waals surface area contributed by atoms with E-state index < -0.39 is 0 Å². The summed E-state index contributed by atoms with van der Waals surface area (Å²) < 4.78 is 0. The lowest BCUT2D eigenvalue weighted by Gasteiger charge is -2.05. The smallest absolute Gasteiger partial charge is 0.242 e. The molecule has 0 aliphatic carbocycles. The second-order valence-electron chi connectivity index (χ2n) is 3.78. The predicted molar refractivity (Wildman–Crippen MR) is 71.8 cm³/mol. The van der Waals surface area contributed by atoms with Gasteiger partial charge in [0.05, 0.1) is 0 Å². The van der Waals surface area contributed by atoms with Crippen molar-refractivity contribution in [2.75, 3.05) is 19.6 Å². The number of unbranched alkanes of at least 4 members (excludes halogenated alkanes) is 3. The molecule has 0 aromatic carbocycles. The normalized spacial score (nSPS) is 11.0. The molecule has 0 rings (SSSR count). The number of rotatable bonds is 9. The van der Waals surface area contributed by atoms with E-state index in [0.29, 0.717) is 12.5 Å². The predicted octanol–water partition coefficient (Wildman–Crippen LogP) is 0.773. The maximum atomic E-state index is 11.2. The van der Waals surface area contributed by atoms with Gasteiger partial charge in [0.2, 0.25) is 5.91 Å². The van der Waals surface area contributed by atoms with Gasteiger partial charge in [-0.25, -0.2) is 4.99 Å². The first-order valence-electron chi connectivity index (χ1n) is 6.12. The van der Waals surface area contributed by atoms with E-state index in [-0.39, 0.29) is 12.5 Å². The van der Waals surface area contributed by atoms with Crippen molar-refractivity contribution in [3.8, 4) is 0 Å². The fourth-order valence-electron chi connectivity index (χ4n) is 1.22. The molecule has 0 aromatic heterocycles. The van der Waals surface area contributed by atoms with E-state index in [1.54, 1.807) is 6.08 Å². The van der Waals surface area contributed by atoms with Crippen LogP contribution in [0.2, 0.25) is 0 Å². The molecule has 98 valence electrons. The highest BCUT2D eigenvalue weighted by atomic mass is 16.1. The first-order valence-corrected chi connectivity index (χ1v) is 6.12. The fraction of sp³-hybridized carbons (Fsp3) is 0.667. The highest BCUT2D eigenvalue weighted by Gasteiger charge is 1.97.